The van der Waals surface area contributed by atoms with Crippen molar-refractivity contribution < 1.29 is 4.79 Å². The molecule has 1 aromatic rings. The predicted octanol–water partition coefficient (Wildman–Crippen LogP) is 3.33. The second-order valence-corrected chi connectivity index (χ2v) is 7.63. The molecule has 0 aliphatic carbocycles. The highest BCUT2D eigenvalue weighted by atomic mass is 16.2. The Morgan fingerprint density at radius 3 is 2.48 bits per heavy atom. The van der Waals surface area contributed by atoms with E-state index < -0.39 is 0 Å². The molecule has 2 fully saturated rings. The molecule has 4 atom stereocenters. The van der Waals surface area contributed by atoms with E-state index in [-0.39, 0.29) is 12.1 Å². The van der Waals surface area contributed by atoms with E-state index in [0.717, 1.165) is 18.5 Å². The van der Waals surface area contributed by atoms with Crippen LogP contribution in [-0.2, 0) is 0 Å². The molecule has 0 radical (unpaired) electrons. The Balaban J connectivity index is 1.50. The van der Waals surface area contributed by atoms with Gasteiger partial charge < -0.3 is 10.2 Å². The maximum Gasteiger partial charge on any atom is 0.322 e. The Morgan fingerprint density at radius 2 is 1.78 bits per heavy atom. The maximum absolute atomic E-state index is 12.9. The van der Waals surface area contributed by atoms with Crippen LogP contribution >= 0.6 is 0 Å². The number of hydrogen-bond donors (Lipinski definition) is 1. The average Bonchev–Trinajstić information content (AvgIpc) is 2.90. The smallest absolute Gasteiger partial charge is 0.322 e. The third kappa shape index (κ3) is 2.35. The molecule has 1 N–H and O–H groups in total. The Bertz CT molecular complexity index is 602. The van der Waals surface area contributed by atoms with Crippen LogP contribution < -0.4 is 10.2 Å². The Kier molecular flexibility index (Phi) is 3.60. The van der Waals surface area contributed by atoms with Gasteiger partial charge in [0.25, 0.3) is 0 Å². The van der Waals surface area contributed by atoms with Gasteiger partial charge in [-0.15, -0.1) is 0 Å². The fraction of sp³-hybridized carbons (Fsp3) is 0.632. The van der Waals surface area contributed by atoms with Crippen LogP contribution in [0.4, 0.5) is 10.5 Å². The third-order valence-electron chi connectivity index (χ3n) is 6.46. The summed E-state index contributed by atoms with van der Waals surface area (Å²) in [4.78, 5) is 17.4. The van der Waals surface area contributed by atoms with Crippen LogP contribution in [0.3, 0.4) is 0 Å². The first-order valence-electron chi connectivity index (χ1n) is 8.97. The molecule has 124 valence electrons. The number of amides is 2. The summed E-state index contributed by atoms with van der Waals surface area (Å²) in [5.74, 6) is 0.394. The molecule has 4 heteroatoms. The minimum absolute atomic E-state index is 0.0863. The molecule has 4 unspecified atom stereocenters. The molecule has 4 rings (SSSR count). The molecule has 4 nitrogen and oxygen atoms in total. The van der Waals surface area contributed by atoms with Gasteiger partial charge in [-0.25, -0.2) is 4.79 Å². The number of carbonyl (C=O) groups is 1. The first-order valence-corrected chi connectivity index (χ1v) is 8.97. The zero-order valence-corrected chi connectivity index (χ0v) is 14.3. The van der Waals surface area contributed by atoms with Crippen molar-refractivity contribution in [1.82, 2.24) is 10.2 Å². The topological polar surface area (TPSA) is 35.6 Å². The number of hydrogen-bond acceptors (Lipinski definition) is 2. The van der Waals surface area contributed by atoms with Crippen LogP contribution in [-0.4, -0.2) is 42.1 Å². The normalized spacial score (nSPS) is 36.1. The Hall–Kier alpha value is -1.55. The summed E-state index contributed by atoms with van der Waals surface area (Å²) in [6.07, 6.45) is 4.76. The lowest BCUT2D eigenvalue weighted by atomic mass is 9.98. The van der Waals surface area contributed by atoms with Gasteiger partial charge in [0.15, 0.2) is 0 Å². The minimum Gasteiger partial charge on any atom is -0.335 e. The lowest BCUT2D eigenvalue weighted by Gasteiger charge is -2.37. The van der Waals surface area contributed by atoms with Gasteiger partial charge in [-0.05, 0) is 51.3 Å². The second-order valence-electron chi connectivity index (χ2n) is 7.63. The summed E-state index contributed by atoms with van der Waals surface area (Å²) < 4.78 is 0. The molecule has 3 aliphatic heterocycles. The molecule has 3 heterocycles. The van der Waals surface area contributed by atoms with Crippen LogP contribution in [0.1, 0.15) is 51.0 Å². The number of urea groups is 1. The van der Waals surface area contributed by atoms with E-state index in [9.17, 15) is 4.79 Å². The number of anilines is 1. The maximum atomic E-state index is 12.9. The number of carbonyl (C=O) groups excluding carboxylic acids is 1. The summed E-state index contributed by atoms with van der Waals surface area (Å²) in [6, 6.07) is 10.3. The van der Waals surface area contributed by atoms with Crippen molar-refractivity contribution in [3.05, 3.63) is 29.8 Å². The molecule has 0 saturated carbocycles. The third-order valence-corrected chi connectivity index (χ3v) is 6.46. The van der Waals surface area contributed by atoms with Crippen molar-refractivity contribution in [3.8, 4) is 0 Å². The molecule has 0 spiro atoms. The van der Waals surface area contributed by atoms with Crippen molar-refractivity contribution in [3.63, 3.8) is 0 Å². The van der Waals surface area contributed by atoms with E-state index in [4.69, 9.17) is 0 Å². The SMILES string of the molecule is CC1c2ccccc2N(C(=O)NC2CC3CCC(C2)N3C)C1C. The van der Waals surface area contributed by atoms with Crippen LogP contribution in [0.2, 0.25) is 0 Å². The number of para-hydroxylation sites is 1. The van der Waals surface area contributed by atoms with Crippen molar-refractivity contribution >= 4 is 11.7 Å². The molecular formula is C19H27N3O. The van der Waals surface area contributed by atoms with Gasteiger partial charge in [0.05, 0.1) is 0 Å². The highest BCUT2D eigenvalue weighted by Crippen LogP contribution is 2.41. The highest BCUT2D eigenvalue weighted by Gasteiger charge is 2.41. The van der Waals surface area contributed by atoms with Gasteiger partial charge in [0, 0.05) is 35.8 Å². The summed E-state index contributed by atoms with van der Waals surface area (Å²) in [5.41, 5.74) is 2.37. The largest absolute Gasteiger partial charge is 0.335 e. The van der Waals surface area contributed by atoms with Crippen molar-refractivity contribution in [2.75, 3.05) is 11.9 Å². The molecule has 2 saturated heterocycles. The fourth-order valence-corrected chi connectivity index (χ4v) is 4.86. The Morgan fingerprint density at radius 1 is 1.13 bits per heavy atom. The van der Waals surface area contributed by atoms with Crippen LogP contribution in [0, 0.1) is 0 Å². The molecular weight excluding hydrogens is 286 g/mol. The highest BCUT2D eigenvalue weighted by molar-refractivity contribution is 5.95. The number of piperidine rings is 1. The summed E-state index contributed by atoms with van der Waals surface area (Å²) in [5, 5.41) is 3.33. The van der Waals surface area contributed by atoms with Crippen LogP contribution in [0.5, 0.6) is 0 Å². The van der Waals surface area contributed by atoms with Crippen LogP contribution in [0.25, 0.3) is 0 Å². The van der Waals surface area contributed by atoms with E-state index in [0.29, 0.717) is 24.0 Å². The molecule has 0 aromatic heterocycles. The molecule has 23 heavy (non-hydrogen) atoms. The number of nitrogens with one attached hydrogen (secondary N) is 1. The fourth-order valence-electron chi connectivity index (χ4n) is 4.86. The van der Waals surface area contributed by atoms with Gasteiger partial charge >= 0.3 is 6.03 Å². The van der Waals surface area contributed by atoms with Crippen molar-refractivity contribution in [2.24, 2.45) is 0 Å². The molecule has 1 aromatic carbocycles. The second kappa shape index (κ2) is 5.52. The number of benzene rings is 1. The molecule has 2 amide bonds. The van der Waals surface area contributed by atoms with Gasteiger partial charge in [-0.3, -0.25) is 4.90 Å². The molecule has 2 bridgehead atoms. The number of nitrogens with zero attached hydrogens (tertiary/aromatic N) is 2. The van der Waals surface area contributed by atoms with Crippen LogP contribution in [0.15, 0.2) is 24.3 Å². The van der Waals surface area contributed by atoms with Crippen molar-refractivity contribution in [2.45, 2.75) is 69.6 Å². The van der Waals surface area contributed by atoms with E-state index in [1.165, 1.54) is 18.4 Å². The predicted molar refractivity (Wildman–Crippen MR) is 92.9 cm³/mol. The number of fused-ring (bicyclic) bond motifs is 3. The van der Waals surface area contributed by atoms with Gasteiger partial charge in [0.1, 0.15) is 0 Å². The number of rotatable bonds is 1. The van der Waals surface area contributed by atoms with Gasteiger partial charge in [-0.2, -0.15) is 0 Å². The lowest BCUT2D eigenvalue weighted by molar-refractivity contribution is 0.150. The quantitative estimate of drug-likeness (QED) is 0.863. The van der Waals surface area contributed by atoms with E-state index in [2.05, 4.69) is 49.3 Å². The monoisotopic (exact) mass is 313 g/mol. The lowest BCUT2D eigenvalue weighted by Crippen LogP contribution is -2.53. The standard InChI is InChI=1S/C19H27N3O/c1-12-13(2)22(18-7-5-4-6-17(12)18)19(23)20-14-10-15-8-9-16(11-14)21(15)3/h4-7,12-16H,8-11H2,1-3H3,(H,20,23). The first-order chi connectivity index (χ1) is 11.1. The summed E-state index contributed by atoms with van der Waals surface area (Å²) >= 11 is 0. The van der Waals surface area contributed by atoms with E-state index >= 15 is 0 Å². The van der Waals surface area contributed by atoms with Crippen molar-refractivity contribution in [1.29, 1.82) is 0 Å². The zero-order chi connectivity index (χ0) is 16.1. The first kappa shape index (κ1) is 15.0. The van der Waals surface area contributed by atoms with E-state index in [1.54, 1.807) is 0 Å². The summed E-state index contributed by atoms with van der Waals surface area (Å²) in [7, 11) is 2.24. The summed E-state index contributed by atoms with van der Waals surface area (Å²) in [6.45, 7) is 4.37. The van der Waals surface area contributed by atoms with E-state index in [1.807, 2.05) is 11.0 Å². The zero-order valence-electron chi connectivity index (χ0n) is 14.3. The van der Waals surface area contributed by atoms with Gasteiger partial charge in [0.2, 0.25) is 0 Å². The molecule has 3 aliphatic rings. The average molecular weight is 313 g/mol. The minimum atomic E-state index is 0.0863. The van der Waals surface area contributed by atoms with Gasteiger partial charge in [-0.1, -0.05) is 25.1 Å². The Labute approximate surface area is 138 Å².